The Kier molecular flexibility index (Phi) is 4.14. The number of thiazole rings is 1. The Morgan fingerprint density at radius 2 is 1.83 bits per heavy atom. The van der Waals surface area contributed by atoms with Gasteiger partial charge in [-0.3, -0.25) is 0 Å². The molecule has 3 aromatic carbocycles. The summed E-state index contributed by atoms with van der Waals surface area (Å²) in [5.41, 5.74) is 0.452. The van der Waals surface area contributed by atoms with E-state index in [1.165, 1.54) is 11.3 Å². The second-order valence-electron chi connectivity index (χ2n) is 6.71. The second-order valence-corrected chi connectivity index (χ2v) is 7.78. The van der Waals surface area contributed by atoms with Crippen LogP contribution in [0.15, 0.2) is 75.9 Å². The van der Waals surface area contributed by atoms with E-state index in [1.54, 1.807) is 19.1 Å². The van der Waals surface area contributed by atoms with Crippen molar-refractivity contribution in [1.82, 2.24) is 4.98 Å². The highest BCUT2D eigenvalue weighted by atomic mass is 32.1. The molecule has 0 radical (unpaired) electrons. The number of ether oxygens (including phenoxy) is 1. The third kappa shape index (κ3) is 3.07. The van der Waals surface area contributed by atoms with Crippen molar-refractivity contribution in [2.75, 3.05) is 0 Å². The molecule has 0 saturated carbocycles. The normalized spacial score (nSPS) is 12.4. The lowest BCUT2D eigenvalue weighted by Crippen LogP contribution is -2.18. The van der Waals surface area contributed by atoms with E-state index in [0.717, 1.165) is 21.0 Å². The fourth-order valence-corrected chi connectivity index (χ4v) is 4.30. The number of carbonyl (C=O) groups excluding carboxylic acids is 1. The summed E-state index contributed by atoms with van der Waals surface area (Å²) in [5.74, 6) is -0.722. The zero-order chi connectivity index (χ0) is 20.0. The molecule has 5 nitrogen and oxygen atoms in total. The first-order valence-corrected chi connectivity index (χ1v) is 9.94. The van der Waals surface area contributed by atoms with E-state index in [0.29, 0.717) is 16.0 Å². The molecule has 0 aliphatic rings. The van der Waals surface area contributed by atoms with Crippen LogP contribution < -0.4 is 5.63 Å². The number of aromatic nitrogens is 1. The molecule has 6 heteroatoms. The molecule has 142 valence electrons. The Labute approximate surface area is 169 Å². The van der Waals surface area contributed by atoms with Crippen LogP contribution in [0.2, 0.25) is 0 Å². The van der Waals surface area contributed by atoms with Gasteiger partial charge in [0.05, 0.1) is 10.2 Å². The molecule has 0 fully saturated rings. The third-order valence-corrected chi connectivity index (χ3v) is 6.00. The molecule has 29 heavy (non-hydrogen) atoms. The monoisotopic (exact) mass is 401 g/mol. The van der Waals surface area contributed by atoms with Crippen molar-refractivity contribution < 1.29 is 13.9 Å². The van der Waals surface area contributed by atoms with Crippen molar-refractivity contribution in [3.05, 3.63) is 87.7 Å². The number of esters is 1. The average molecular weight is 401 g/mol. The second kappa shape index (κ2) is 6.83. The van der Waals surface area contributed by atoms with Gasteiger partial charge in [0.15, 0.2) is 6.10 Å². The minimum Gasteiger partial charge on any atom is -0.451 e. The maximum atomic E-state index is 12.7. The van der Waals surface area contributed by atoms with Crippen LogP contribution in [0.3, 0.4) is 0 Å². The van der Waals surface area contributed by atoms with Crippen LogP contribution in [0.1, 0.15) is 28.4 Å². The van der Waals surface area contributed by atoms with E-state index < -0.39 is 17.7 Å². The Hall–Kier alpha value is -3.51. The van der Waals surface area contributed by atoms with Crippen molar-refractivity contribution in [3.8, 4) is 0 Å². The van der Waals surface area contributed by atoms with Gasteiger partial charge in [-0.15, -0.1) is 11.3 Å². The molecule has 0 saturated heterocycles. The van der Waals surface area contributed by atoms with E-state index in [2.05, 4.69) is 4.98 Å². The lowest BCUT2D eigenvalue weighted by atomic mass is 10.0. The first-order chi connectivity index (χ1) is 14.1. The van der Waals surface area contributed by atoms with Gasteiger partial charge in [0.2, 0.25) is 0 Å². The molecule has 0 bridgehead atoms. The van der Waals surface area contributed by atoms with Gasteiger partial charge in [0.1, 0.15) is 16.2 Å². The molecule has 0 unspecified atom stereocenters. The van der Waals surface area contributed by atoms with Gasteiger partial charge >= 0.3 is 11.6 Å². The van der Waals surface area contributed by atoms with Gasteiger partial charge in [-0.25, -0.2) is 14.6 Å². The third-order valence-electron chi connectivity index (χ3n) is 4.80. The van der Waals surface area contributed by atoms with Crippen LogP contribution in [-0.2, 0) is 4.74 Å². The fraction of sp³-hybridized carbons (Fsp3) is 0.0870. The Balaban J connectivity index is 1.52. The highest BCUT2D eigenvalue weighted by Gasteiger charge is 2.21. The van der Waals surface area contributed by atoms with Gasteiger partial charge in [0.25, 0.3) is 0 Å². The summed E-state index contributed by atoms with van der Waals surface area (Å²) in [6, 6.07) is 20.6. The van der Waals surface area contributed by atoms with E-state index in [9.17, 15) is 9.59 Å². The maximum absolute atomic E-state index is 12.7. The lowest BCUT2D eigenvalue weighted by molar-refractivity contribution is 0.0333. The number of para-hydroxylation sites is 1. The van der Waals surface area contributed by atoms with E-state index >= 15 is 0 Å². The highest BCUT2D eigenvalue weighted by Crippen LogP contribution is 2.29. The number of rotatable bonds is 3. The molecule has 0 aliphatic carbocycles. The van der Waals surface area contributed by atoms with E-state index in [4.69, 9.17) is 9.15 Å². The molecule has 0 amide bonds. The van der Waals surface area contributed by atoms with Gasteiger partial charge in [-0.05, 0) is 42.0 Å². The topological polar surface area (TPSA) is 69.4 Å². The molecular formula is C23H15NO4S. The molecule has 0 aliphatic heterocycles. The Morgan fingerprint density at radius 1 is 1.03 bits per heavy atom. The summed E-state index contributed by atoms with van der Waals surface area (Å²) >= 11 is 1.46. The number of carbonyl (C=O) groups is 1. The van der Waals surface area contributed by atoms with Crippen molar-refractivity contribution >= 4 is 49.3 Å². The lowest BCUT2D eigenvalue weighted by Gasteiger charge is -2.10. The first-order valence-electron chi connectivity index (χ1n) is 9.12. The Bertz CT molecular complexity index is 1420. The molecule has 2 heterocycles. The van der Waals surface area contributed by atoms with Crippen molar-refractivity contribution in [2.24, 2.45) is 0 Å². The van der Waals surface area contributed by atoms with E-state index in [-0.39, 0.29) is 5.56 Å². The molecule has 2 aromatic heterocycles. The number of nitrogens with zero attached hydrogens (tertiary/aromatic N) is 1. The van der Waals surface area contributed by atoms with Crippen molar-refractivity contribution in [1.29, 1.82) is 0 Å². The standard InChI is InChI=1S/C23H15NO4S/c1-13(21-24-18-8-4-5-9-20(18)29-21)27-22(25)17-12-16-15-7-3-2-6-14(15)10-11-19(16)28-23(17)26/h2-13H,1H3/t13-/m1/s1. The van der Waals surface area contributed by atoms with Crippen LogP contribution in [0.25, 0.3) is 32.0 Å². The summed E-state index contributed by atoms with van der Waals surface area (Å²) < 4.78 is 11.9. The molecule has 1 atom stereocenters. The van der Waals surface area contributed by atoms with Crippen molar-refractivity contribution in [2.45, 2.75) is 13.0 Å². The van der Waals surface area contributed by atoms with Gasteiger partial charge in [0, 0.05) is 5.39 Å². The molecule has 0 N–H and O–H groups in total. The molecule has 0 spiro atoms. The summed E-state index contributed by atoms with van der Waals surface area (Å²) in [7, 11) is 0. The summed E-state index contributed by atoms with van der Waals surface area (Å²) in [5, 5.41) is 3.27. The van der Waals surface area contributed by atoms with Crippen LogP contribution in [0, 0.1) is 0 Å². The summed E-state index contributed by atoms with van der Waals surface area (Å²) in [6.07, 6.45) is -0.581. The number of hydrogen-bond donors (Lipinski definition) is 0. The number of hydrogen-bond acceptors (Lipinski definition) is 6. The van der Waals surface area contributed by atoms with Crippen LogP contribution in [-0.4, -0.2) is 11.0 Å². The van der Waals surface area contributed by atoms with Gasteiger partial charge in [-0.1, -0.05) is 42.5 Å². The smallest absolute Gasteiger partial charge is 0.351 e. The predicted molar refractivity (Wildman–Crippen MR) is 113 cm³/mol. The Morgan fingerprint density at radius 3 is 2.69 bits per heavy atom. The molecular weight excluding hydrogens is 386 g/mol. The quantitative estimate of drug-likeness (QED) is 0.228. The minimum absolute atomic E-state index is 0.123. The largest absolute Gasteiger partial charge is 0.451 e. The van der Waals surface area contributed by atoms with Crippen molar-refractivity contribution in [3.63, 3.8) is 0 Å². The van der Waals surface area contributed by atoms with E-state index in [1.807, 2.05) is 54.6 Å². The zero-order valence-electron chi connectivity index (χ0n) is 15.4. The SMILES string of the molecule is C[C@@H](OC(=O)c1cc2c(ccc3ccccc32)oc1=O)c1nc2ccccc2s1. The zero-order valence-corrected chi connectivity index (χ0v) is 16.2. The summed E-state index contributed by atoms with van der Waals surface area (Å²) in [6.45, 7) is 1.74. The summed E-state index contributed by atoms with van der Waals surface area (Å²) in [4.78, 5) is 29.6. The highest BCUT2D eigenvalue weighted by molar-refractivity contribution is 7.18. The average Bonchev–Trinajstić information content (AvgIpc) is 3.17. The number of fused-ring (bicyclic) bond motifs is 4. The maximum Gasteiger partial charge on any atom is 0.351 e. The first kappa shape index (κ1) is 17.6. The van der Waals surface area contributed by atoms with Crippen LogP contribution >= 0.6 is 11.3 Å². The van der Waals surface area contributed by atoms with Gasteiger partial charge in [-0.2, -0.15) is 0 Å². The van der Waals surface area contributed by atoms with Crippen LogP contribution in [0.4, 0.5) is 0 Å². The molecule has 5 rings (SSSR count). The fourth-order valence-electron chi connectivity index (χ4n) is 3.35. The number of benzene rings is 3. The minimum atomic E-state index is -0.722. The van der Waals surface area contributed by atoms with Gasteiger partial charge < -0.3 is 9.15 Å². The van der Waals surface area contributed by atoms with Crippen LogP contribution in [0.5, 0.6) is 0 Å². The predicted octanol–water partition coefficient (Wildman–Crippen LogP) is 5.47. The molecule has 5 aromatic rings.